The van der Waals surface area contributed by atoms with Crippen LogP contribution in [0.4, 0.5) is 0 Å². The molecule has 132 valence electrons. The van der Waals surface area contributed by atoms with Gasteiger partial charge in [-0.1, -0.05) is 84.4 Å². The number of hydrazone groups is 1. The summed E-state index contributed by atoms with van der Waals surface area (Å²) in [4.78, 5) is 0. The molecule has 0 spiro atoms. The van der Waals surface area contributed by atoms with Crippen molar-refractivity contribution in [3.8, 4) is 6.07 Å². The Kier molecular flexibility index (Phi) is 4.91. The molecule has 0 aromatic heterocycles. The molecule has 0 aliphatic carbocycles. The van der Waals surface area contributed by atoms with Crippen molar-refractivity contribution in [2.24, 2.45) is 5.10 Å². The summed E-state index contributed by atoms with van der Waals surface area (Å²) in [6, 6.07) is 29.8. The van der Waals surface area contributed by atoms with E-state index in [0.29, 0.717) is 5.02 Å². The largest absolute Gasteiger partial charge is 0.267 e. The lowest BCUT2D eigenvalue weighted by molar-refractivity contribution is 0.196. The van der Waals surface area contributed by atoms with E-state index in [2.05, 4.69) is 30.3 Å². The van der Waals surface area contributed by atoms with Crippen molar-refractivity contribution in [2.45, 2.75) is 18.5 Å². The predicted molar refractivity (Wildman–Crippen MR) is 108 cm³/mol. The lowest BCUT2D eigenvalue weighted by Gasteiger charge is -2.28. The first-order chi connectivity index (χ1) is 13.3. The summed E-state index contributed by atoms with van der Waals surface area (Å²) in [5, 5.41) is 17.4. The summed E-state index contributed by atoms with van der Waals surface area (Å²) in [7, 11) is 0. The van der Waals surface area contributed by atoms with Crippen molar-refractivity contribution in [3.63, 3.8) is 0 Å². The van der Waals surface area contributed by atoms with Gasteiger partial charge in [-0.15, -0.1) is 0 Å². The van der Waals surface area contributed by atoms with Gasteiger partial charge in [0, 0.05) is 11.4 Å². The van der Waals surface area contributed by atoms with Gasteiger partial charge in [-0.2, -0.15) is 10.4 Å². The van der Waals surface area contributed by atoms with Gasteiger partial charge in [0.05, 0.1) is 17.8 Å². The number of nitriles is 1. The molecule has 4 rings (SSSR count). The van der Waals surface area contributed by atoms with Gasteiger partial charge in [0.2, 0.25) is 0 Å². The molecule has 3 aromatic carbocycles. The van der Waals surface area contributed by atoms with Crippen molar-refractivity contribution in [3.05, 3.63) is 107 Å². The van der Waals surface area contributed by atoms with E-state index in [1.54, 1.807) is 0 Å². The van der Waals surface area contributed by atoms with Crippen LogP contribution in [0, 0.1) is 11.3 Å². The number of hydrogen-bond donors (Lipinski definition) is 0. The first-order valence-electron chi connectivity index (χ1n) is 8.87. The van der Waals surface area contributed by atoms with Crippen LogP contribution in [-0.4, -0.2) is 10.7 Å². The van der Waals surface area contributed by atoms with Crippen LogP contribution in [0.15, 0.2) is 90.0 Å². The summed E-state index contributed by atoms with van der Waals surface area (Å²) in [6.45, 7) is 0. The summed E-state index contributed by atoms with van der Waals surface area (Å²) >= 11 is 6.02. The fraction of sp³-hybridized carbons (Fsp3) is 0.130. The van der Waals surface area contributed by atoms with Crippen molar-refractivity contribution >= 4 is 17.3 Å². The maximum absolute atomic E-state index is 9.94. The molecule has 1 aliphatic rings. The molecule has 0 amide bonds. The SMILES string of the molecule is N#C[C@@H](c1ccc(Cl)cc1)N1N=C(c2ccccc2)C[C@@H]1c1ccccc1. The maximum atomic E-state index is 9.94. The van der Waals surface area contributed by atoms with E-state index in [4.69, 9.17) is 16.7 Å². The third-order valence-corrected chi connectivity index (χ3v) is 5.06. The number of rotatable bonds is 4. The van der Waals surface area contributed by atoms with Crippen LogP contribution in [0.5, 0.6) is 0 Å². The van der Waals surface area contributed by atoms with Crippen molar-refractivity contribution in [1.29, 1.82) is 5.26 Å². The summed E-state index contributed by atoms with van der Waals surface area (Å²) < 4.78 is 0. The van der Waals surface area contributed by atoms with E-state index in [1.165, 1.54) is 0 Å². The Hall–Kier alpha value is -3.09. The Morgan fingerprint density at radius 3 is 2.19 bits per heavy atom. The lowest BCUT2D eigenvalue weighted by atomic mass is 9.97. The predicted octanol–water partition coefficient (Wildman–Crippen LogP) is 5.76. The van der Waals surface area contributed by atoms with Gasteiger partial charge >= 0.3 is 0 Å². The van der Waals surface area contributed by atoms with Crippen molar-refractivity contribution in [1.82, 2.24) is 5.01 Å². The Morgan fingerprint density at radius 2 is 1.56 bits per heavy atom. The normalized spacial score (nSPS) is 17.3. The fourth-order valence-corrected chi connectivity index (χ4v) is 3.57. The Morgan fingerprint density at radius 1 is 0.926 bits per heavy atom. The highest BCUT2D eigenvalue weighted by atomic mass is 35.5. The molecular formula is C23H18ClN3. The molecule has 27 heavy (non-hydrogen) atoms. The van der Waals surface area contributed by atoms with E-state index < -0.39 is 6.04 Å². The maximum Gasteiger partial charge on any atom is 0.159 e. The van der Waals surface area contributed by atoms with Crippen LogP contribution in [0.2, 0.25) is 5.02 Å². The molecule has 0 saturated carbocycles. The molecule has 3 nitrogen and oxygen atoms in total. The zero-order valence-corrected chi connectivity index (χ0v) is 15.4. The molecule has 1 aliphatic heterocycles. The quantitative estimate of drug-likeness (QED) is 0.585. The molecule has 1 heterocycles. The number of hydrogen-bond acceptors (Lipinski definition) is 3. The smallest absolute Gasteiger partial charge is 0.159 e. The van der Waals surface area contributed by atoms with Crippen LogP contribution < -0.4 is 0 Å². The minimum Gasteiger partial charge on any atom is -0.267 e. The molecule has 3 aromatic rings. The van der Waals surface area contributed by atoms with Crippen LogP contribution in [0.25, 0.3) is 0 Å². The molecule has 4 heteroatoms. The highest BCUT2D eigenvalue weighted by Gasteiger charge is 2.34. The van der Waals surface area contributed by atoms with Gasteiger partial charge in [-0.3, -0.25) is 5.01 Å². The van der Waals surface area contributed by atoms with Crippen LogP contribution in [-0.2, 0) is 0 Å². The van der Waals surface area contributed by atoms with Crippen LogP contribution >= 0.6 is 11.6 Å². The first-order valence-corrected chi connectivity index (χ1v) is 9.25. The number of nitrogens with zero attached hydrogens (tertiary/aromatic N) is 3. The van der Waals surface area contributed by atoms with Crippen molar-refractivity contribution in [2.75, 3.05) is 0 Å². The van der Waals surface area contributed by atoms with Crippen LogP contribution in [0.3, 0.4) is 0 Å². The summed E-state index contributed by atoms with van der Waals surface area (Å²) in [5.74, 6) is 0. The van der Waals surface area contributed by atoms with E-state index in [9.17, 15) is 5.26 Å². The second-order valence-electron chi connectivity index (χ2n) is 6.51. The zero-order chi connectivity index (χ0) is 18.6. The molecular weight excluding hydrogens is 354 g/mol. The zero-order valence-electron chi connectivity index (χ0n) is 14.7. The molecule has 0 fully saturated rings. The molecule has 0 unspecified atom stereocenters. The standard InChI is InChI=1S/C23H18ClN3/c24-20-13-11-19(12-14-20)23(16-25)27-22(18-9-5-2-6-10-18)15-21(26-27)17-7-3-1-4-8-17/h1-14,22-23H,15H2/t22-,23+/m1/s1. The number of benzene rings is 3. The third-order valence-electron chi connectivity index (χ3n) is 4.81. The first kappa shape index (κ1) is 17.3. The highest BCUT2D eigenvalue weighted by Crippen LogP contribution is 2.39. The van der Waals surface area contributed by atoms with Gasteiger partial charge in [-0.05, 0) is 28.8 Å². The Bertz CT molecular complexity index is 976. The monoisotopic (exact) mass is 371 g/mol. The lowest BCUT2D eigenvalue weighted by Crippen LogP contribution is -2.24. The minimum atomic E-state index is -0.478. The fourth-order valence-electron chi connectivity index (χ4n) is 3.45. The second kappa shape index (κ2) is 7.65. The molecule has 0 saturated heterocycles. The van der Waals surface area contributed by atoms with Crippen LogP contribution in [0.1, 0.15) is 35.2 Å². The van der Waals surface area contributed by atoms with Gasteiger partial charge in [-0.25, -0.2) is 0 Å². The molecule has 2 atom stereocenters. The Labute approximate surface area is 164 Å². The Balaban J connectivity index is 1.76. The third kappa shape index (κ3) is 3.58. The number of halogens is 1. The topological polar surface area (TPSA) is 39.4 Å². The van der Waals surface area contributed by atoms with Crippen molar-refractivity contribution < 1.29 is 0 Å². The van der Waals surface area contributed by atoms with E-state index in [1.807, 2.05) is 65.7 Å². The average Bonchev–Trinajstić information content (AvgIpc) is 3.16. The molecule has 0 radical (unpaired) electrons. The van der Waals surface area contributed by atoms with Gasteiger partial charge < -0.3 is 0 Å². The summed E-state index contributed by atoms with van der Waals surface area (Å²) in [6.07, 6.45) is 0.764. The van der Waals surface area contributed by atoms with Gasteiger partial charge in [0.25, 0.3) is 0 Å². The van der Waals surface area contributed by atoms with E-state index in [0.717, 1.165) is 28.8 Å². The summed E-state index contributed by atoms with van der Waals surface area (Å²) in [5.41, 5.74) is 4.13. The van der Waals surface area contributed by atoms with E-state index in [-0.39, 0.29) is 6.04 Å². The van der Waals surface area contributed by atoms with Gasteiger partial charge in [0.15, 0.2) is 6.04 Å². The van der Waals surface area contributed by atoms with E-state index >= 15 is 0 Å². The molecule has 0 N–H and O–H groups in total. The van der Waals surface area contributed by atoms with Gasteiger partial charge in [0.1, 0.15) is 0 Å². The minimum absolute atomic E-state index is 0.0155. The second-order valence-corrected chi connectivity index (χ2v) is 6.94. The average molecular weight is 372 g/mol. The molecule has 0 bridgehead atoms. The highest BCUT2D eigenvalue weighted by molar-refractivity contribution is 6.30.